The molecule has 1 amide bonds. The minimum absolute atomic E-state index is 0.0896. The summed E-state index contributed by atoms with van der Waals surface area (Å²) in [7, 11) is 0. The topological polar surface area (TPSA) is 58.1 Å². The molecule has 1 aliphatic rings. The van der Waals surface area contributed by atoms with Crippen molar-refractivity contribution in [2.75, 3.05) is 23.3 Å². The van der Waals surface area contributed by atoms with E-state index in [4.69, 9.17) is 0 Å². The molecule has 1 aromatic heterocycles. The molecule has 0 radical (unpaired) electrons. The summed E-state index contributed by atoms with van der Waals surface area (Å²) in [5.74, 6) is -1.61. The number of carbonyl (C=O) groups excluding carboxylic acids is 1. The minimum atomic E-state index is -4.84. The second-order valence-corrected chi connectivity index (χ2v) is 8.06. The first-order chi connectivity index (χ1) is 15.7. The molecule has 5 nitrogen and oxygen atoms in total. The molecule has 2 heterocycles. The number of nitrogens with one attached hydrogen (secondary N) is 1. The molecule has 3 aromatic rings. The Bertz CT molecular complexity index is 1150. The molecule has 0 aliphatic carbocycles. The first-order valence-electron chi connectivity index (χ1n) is 10.5. The van der Waals surface area contributed by atoms with Gasteiger partial charge in [0.1, 0.15) is 5.82 Å². The Balaban J connectivity index is 1.44. The van der Waals surface area contributed by atoms with Crippen LogP contribution in [0.4, 0.5) is 29.1 Å². The zero-order chi connectivity index (χ0) is 23.6. The first-order valence-corrected chi connectivity index (χ1v) is 10.5. The van der Waals surface area contributed by atoms with Crippen LogP contribution in [0.5, 0.6) is 0 Å². The number of hydrogen-bond acceptors (Lipinski definition) is 4. The highest BCUT2D eigenvalue weighted by molar-refractivity contribution is 5.93. The summed E-state index contributed by atoms with van der Waals surface area (Å²) >= 11 is 0. The van der Waals surface area contributed by atoms with Gasteiger partial charge in [0.2, 0.25) is 5.91 Å². The van der Waals surface area contributed by atoms with E-state index in [0.717, 1.165) is 29.3 Å². The number of aryl methyl sites for hydroxylation is 1. The van der Waals surface area contributed by atoms with E-state index in [1.54, 1.807) is 0 Å². The smallest absolute Gasteiger partial charge is 0.354 e. The van der Waals surface area contributed by atoms with E-state index in [2.05, 4.69) is 15.5 Å². The number of benzene rings is 2. The normalized spacial score (nSPS) is 16.5. The summed E-state index contributed by atoms with van der Waals surface area (Å²) < 4.78 is 52.3. The summed E-state index contributed by atoms with van der Waals surface area (Å²) in [4.78, 5) is 14.7. The second kappa shape index (κ2) is 9.17. The Morgan fingerprint density at radius 3 is 2.58 bits per heavy atom. The minimum Gasteiger partial charge on any atom is -0.354 e. The maximum Gasteiger partial charge on any atom is 0.419 e. The number of halogens is 4. The van der Waals surface area contributed by atoms with E-state index in [9.17, 15) is 22.4 Å². The van der Waals surface area contributed by atoms with Gasteiger partial charge in [0.25, 0.3) is 0 Å². The predicted octanol–water partition coefficient (Wildman–Crippen LogP) is 5.47. The molecule has 0 saturated carbocycles. The number of carbonyl (C=O) groups is 1. The lowest BCUT2D eigenvalue weighted by Gasteiger charge is -2.32. The Morgan fingerprint density at radius 1 is 1.09 bits per heavy atom. The highest BCUT2D eigenvalue weighted by Crippen LogP contribution is 2.33. The summed E-state index contributed by atoms with van der Waals surface area (Å²) in [6.07, 6.45) is -3.53. The molecular weight excluding hydrogens is 436 g/mol. The fourth-order valence-electron chi connectivity index (χ4n) is 3.96. The van der Waals surface area contributed by atoms with Crippen molar-refractivity contribution in [2.24, 2.45) is 5.92 Å². The highest BCUT2D eigenvalue weighted by atomic mass is 19.4. The number of aromatic nitrogens is 2. The summed E-state index contributed by atoms with van der Waals surface area (Å²) in [6.45, 7) is 3.05. The van der Waals surface area contributed by atoms with E-state index < -0.39 is 29.4 Å². The largest absolute Gasteiger partial charge is 0.419 e. The quantitative estimate of drug-likeness (QED) is 0.527. The van der Waals surface area contributed by atoms with Gasteiger partial charge in [0.05, 0.1) is 17.2 Å². The molecule has 1 aliphatic heterocycles. The van der Waals surface area contributed by atoms with Crippen molar-refractivity contribution in [1.82, 2.24) is 10.2 Å². The maximum absolute atomic E-state index is 13.5. The van der Waals surface area contributed by atoms with Crippen LogP contribution < -0.4 is 10.2 Å². The third kappa shape index (κ3) is 5.13. The van der Waals surface area contributed by atoms with Gasteiger partial charge in [-0.2, -0.15) is 13.2 Å². The average molecular weight is 458 g/mol. The zero-order valence-electron chi connectivity index (χ0n) is 17.9. The van der Waals surface area contributed by atoms with E-state index in [1.165, 1.54) is 0 Å². The number of nitrogens with zero attached hydrogens (tertiary/aromatic N) is 3. The lowest BCUT2D eigenvalue weighted by molar-refractivity contribution is -0.140. The van der Waals surface area contributed by atoms with Crippen LogP contribution >= 0.6 is 0 Å². The van der Waals surface area contributed by atoms with Gasteiger partial charge in [-0.15, -0.1) is 10.2 Å². The third-order valence-electron chi connectivity index (χ3n) is 5.73. The van der Waals surface area contributed by atoms with Gasteiger partial charge in [-0.1, -0.05) is 24.3 Å². The maximum atomic E-state index is 13.5. The average Bonchev–Trinajstić information content (AvgIpc) is 2.80. The van der Waals surface area contributed by atoms with Gasteiger partial charge in [-0.3, -0.25) is 4.79 Å². The molecule has 172 valence electrons. The molecule has 9 heteroatoms. The van der Waals surface area contributed by atoms with Gasteiger partial charge in [0.15, 0.2) is 5.82 Å². The predicted molar refractivity (Wildman–Crippen MR) is 117 cm³/mol. The van der Waals surface area contributed by atoms with E-state index >= 15 is 0 Å². The molecule has 1 saturated heterocycles. The number of amides is 1. The molecular formula is C24H22F4N4O. The molecule has 0 spiro atoms. The monoisotopic (exact) mass is 458 g/mol. The van der Waals surface area contributed by atoms with Crippen LogP contribution in [0.1, 0.15) is 24.0 Å². The van der Waals surface area contributed by atoms with Crippen LogP contribution in [0.3, 0.4) is 0 Å². The van der Waals surface area contributed by atoms with Crippen molar-refractivity contribution in [3.8, 4) is 11.3 Å². The highest BCUT2D eigenvalue weighted by Gasteiger charge is 2.34. The molecule has 4 rings (SSSR count). The summed E-state index contributed by atoms with van der Waals surface area (Å²) in [6, 6.07) is 14.0. The van der Waals surface area contributed by atoms with Gasteiger partial charge >= 0.3 is 6.18 Å². The fraction of sp³-hybridized carbons (Fsp3) is 0.292. The van der Waals surface area contributed by atoms with Gasteiger partial charge in [0, 0.05) is 24.3 Å². The fourth-order valence-corrected chi connectivity index (χ4v) is 3.96. The standard InChI is InChI=1S/C24H22F4N4O/c1-15-5-2-3-7-18(15)21-10-11-22(31-30-21)32-12-4-6-16(14-32)23(33)29-17-8-9-20(25)19(13-17)24(26,27)28/h2-3,5,7-11,13,16H,4,6,12,14H2,1H3,(H,29,33). The van der Waals surface area contributed by atoms with Gasteiger partial charge in [-0.25, -0.2) is 4.39 Å². The number of piperidine rings is 1. The number of rotatable bonds is 4. The van der Waals surface area contributed by atoms with Crippen molar-refractivity contribution in [3.05, 3.63) is 71.5 Å². The zero-order valence-corrected chi connectivity index (χ0v) is 17.9. The van der Waals surface area contributed by atoms with Crippen LogP contribution in [0.25, 0.3) is 11.3 Å². The van der Waals surface area contributed by atoms with Gasteiger partial charge < -0.3 is 10.2 Å². The van der Waals surface area contributed by atoms with Crippen molar-refractivity contribution >= 4 is 17.4 Å². The van der Waals surface area contributed by atoms with Crippen LogP contribution in [-0.2, 0) is 11.0 Å². The van der Waals surface area contributed by atoms with E-state index in [0.29, 0.717) is 37.5 Å². The summed E-state index contributed by atoms with van der Waals surface area (Å²) in [5, 5.41) is 11.1. The van der Waals surface area contributed by atoms with Crippen LogP contribution in [-0.4, -0.2) is 29.2 Å². The third-order valence-corrected chi connectivity index (χ3v) is 5.73. The Hall–Kier alpha value is -3.49. The van der Waals surface area contributed by atoms with Crippen molar-refractivity contribution < 1.29 is 22.4 Å². The molecule has 0 bridgehead atoms. The van der Waals surface area contributed by atoms with Crippen LogP contribution in [0.15, 0.2) is 54.6 Å². The second-order valence-electron chi connectivity index (χ2n) is 8.06. The lowest BCUT2D eigenvalue weighted by Crippen LogP contribution is -2.41. The summed E-state index contributed by atoms with van der Waals surface area (Å²) in [5.41, 5.74) is 1.33. The molecule has 33 heavy (non-hydrogen) atoms. The molecule has 1 N–H and O–H groups in total. The Morgan fingerprint density at radius 2 is 1.88 bits per heavy atom. The Kier molecular flexibility index (Phi) is 6.31. The number of alkyl halides is 3. The molecule has 2 aromatic carbocycles. The van der Waals surface area contributed by atoms with E-state index in [-0.39, 0.29) is 5.69 Å². The first kappa shape index (κ1) is 22.7. The Labute approximate surface area is 188 Å². The SMILES string of the molecule is Cc1ccccc1-c1ccc(N2CCCC(C(=O)Nc3ccc(F)c(C(F)(F)F)c3)C2)nn1. The lowest BCUT2D eigenvalue weighted by atomic mass is 9.97. The molecule has 1 unspecified atom stereocenters. The number of anilines is 2. The van der Waals surface area contributed by atoms with Crippen molar-refractivity contribution in [1.29, 1.82) is 0 Å². The van der Waals surface area contributed by atoms with Gasteiger partial charge in [-0.05, 0) is 55.7 Å². The molecule has 1 fully saturated rings. The van der Waals surface area contributed by atoms with Crippen LogP contribution in [0.2, 0.25) is 0 Å². The van der Waals surface area contributed by atoms with Crippen LogP contribution in [0, 0.1) is 18.7 Å². The molecule has 1 atom stereocenters. The van der Waals surface area contributed by atoms with E-state index in [1.807, 2.05) is 48.2 Å². The van der Waals surface area contributed by atoms with Crippen molar-refractivity contribution in [3.63, 3.8) is 0 Å². The van der Waals surface area contributed by atoms with Crippen molar-refractivity contribution in [2.45, 2.75) is 25.9 Å². The number of hydrogen-bond donors (Lipinski definition) is 1.